The normalized spacial score (nSPS) is 18.5. The van der Waals surface area contributed by atoms with Gasteiger partial charge in [-0.3, -0.25) is 0 Å². The zero-order valence-electron chi connectivity index (χ0n) is 9.45. The molecule has 1 atom stereocenters. The second-order valence-corrected chi connectivity index (χ2v) is 3.52. The van der Waals surface area contributed by atoms with E-state index in [9.17, 15) is 9.18 Å². The van der Waals surface area contributed by atoms with Gasteiger partial charge in [-0.1, -0.05) is 0 Å². The number of alkyl carbamates (subject to hydrolysis) is 1. The summed E-state index contributed by atoms with van der Waals surface area (Å²) in [6.07, 6.45) is -0.552. The number of cyclic esters (lactones) is 1. The first kappa shape index (κ1) is 11.5. The first-order valence-electron chi connectivity index (χ1n) is 5.00. The molecule has 1 N–H and O–H groups in total. The Morgan fingerprint density at radius 2 is 2.00 bits per heavy atom. The van der Waals surface area contributed by atoms with E-state index >= 15 is 0 Å². The van der Waals surface area contributed by atoms with Crippen LogP contribution in [-0.4, -0.2) is 26.9 Å². The Labute approximate surface area is 97.5 Å². The third kappa shape index (κ3) is 2.11. The minimum absolute atomic E-state index is 0.102. The van der Waals surface area contributed by atoms with Crippen molar-refractivity contribution in [3.8, 4) is 11.5 Å². The molecule has 0 aliphatic carbocycles. The van der Waals surface area contributed by atoms with E-state index in [1.54, 1.807) is 0 Å². The molecular formula is C11H12FNO4. The van der Waals surface area contributed by atoms with Gasteiger partial charge in [0.15, 0.2) is 11.5 Å². The van der Waals surface area contributed by atoms with E-state index in [0.29, 0.717) is 17.1 Å². The van der Waals surface area contributed by atoms with Crippen LogP contribution in [-0.2, 0) is 4.74 Å². The van der Waals surface area contributed by atoms with E-state index in [1.807, 2.05) is 0 Å². The summed E-state index contributed by atoms with van der Waals surface area (Å²) >= 11 is 0. The van der Waals surface area contributed by atoms with Crippen LogP contribution in [0.25, 0.3) is 0 Å². The maximum Gasteiger partial charge on any atom is 0.407 e. The van der Waals surface area contributed by atoms with E-state index < -0.39 is 18.0 Å². The minimum Gasteiger partial charge on any atom is -0.493 e. The Morgan fingerprint density at radius 3 is 2.53 bits per heavy atom. The van der Waals surface area contributed by atoms with Crippen LogP contribution in [0.2, 0.25) is 0 Å². The van der Waals surface area contributed by atoms with Crippen molar-refractivity contribution in [2.75, 3.05) is 20.8 Å². The van der Waals surface area contributed by atoms with Gasteiger partial charge in [0.1, 0.15) is 12.4 Å². The third-order valence-electron chi connectivity index (χ3n) is 2.55. The van der Waals surface area contributed by atoms with Crippen molar-refractivity contribution >= 4 is 6.09 Å². The Morgan fingerprint density at radius 1 is 1.35 bits per heavy atom. The van der Waals surface area contributed by atoms with E-state index in [-0.39, 0.29) is 6.61 Å². The fourth-order valence-corrected chi connectivity index (χ4v) is 1.69. The standard InChI is InChI=1S/C11H12FNO4/c1-15-9-3-6(7(12)4-10(9)16-2)8-5-17-11(14)13-8/h3-4,8H,5H2,1-2H3,(H,13,14)/t8-/m1/s1. The number of nitrogens with one attached hydrogen (secondary N) is 1. The lowest BCUT2D eigenvalue weighted by molar-refractivity contribution is 0.176. The van der Waals surface area contributed by atoms with Gasteiger partial charge in [0.25, 0.3) is 0 Å². The van der Waals surface area contributed by atoms with Gasteiger partial charge in [0.2, 0.25) is 0 Å². The molecule has 1 saturated heterocycles. The molecule has 1 aromatic carbocycles. The van der Waals surface area contributed by atoms with Gasteiger partial charge in [-0.05, 0) is 6.07 Å². The van der Waals surface area contributed by atoms with Crippen LogP contribution in [0, 0.1) is 5.82 Å². The number of ether oxygens (including phenoxy) is 3. The molecule has 6 heteroatoms. The van der Waals surface area contributed by atoms with E-state index in [2.05, 4.69) is 5.32 Å². The Bertz CT molecular complexity index is 449. The summed E-state index contributed by atoms with van der Waals surface area (Å²) in [5, 5.41) is 2.50. The van der Waals surface area contributed by atoms with Crippen LogP contribution in [0.15, 0.2) is 12.1 Å². The predicted octanol–water partition coefficient (Wildman–Crippen LogP) is 1.62. The topological polar surface area (TPSA) is 56.8 Å². The summed E-state index contributed by atoms with van der Waals surface area (Å²) in [7, 11) is 2.89. The maximum atomic E-state index is 13.8. The fraction of sp³-hybridized carbons (Fsp3) is 0.364. The molecule has 1 aliphatic heterocycles. The summed E-state index contributed by atoms with van der Waals surface area (Å²) < 4.78 is 28.6. The van der Waals surface area contributed by atoms with Crippen LogP contribution in [0.5, 0.6) is 11.5 Å². The monoisotopic (exact) mass is 241 g/mol. The number of carbonyl (C=O) groups excluding carboxylic acids is 1. The van der Waals surface area contributed by atoms with Gasteiger partial charge in [-0.2, -0.15) is 0 Å². The summed E-state index contributed by atoms with van der Waals surface area (Å²) in [4.78, 5) is 10.9. The predicted molar refractivity (Wildman–Crippen MR) is 56.7 cm³/mol. The van der Waals surface area contributed by atoms with E-state index in [1.165, 1.54) is 26.4 Å². The number of halogens is 1. The average molecular weight is 241 g/mol. The highest BCUT2D eigenvalue weighted by atomic mass is 19.1. The third-order valence-corrected chi connectivity index (χ3v) is 2.55. The molecule has 1 aliphatic rings. The first-order valence-corrected chi connectivity index (χ1v) is 5.00. The SMILES string of the molecule is COc1cc(F)c([C@H]2COC(=O)N2)cc1OC. The molecule has 92 valence electrons. The molecule has 1 heterocycles. The lowest BCUT2D eigenvalue weighted by Gasteiger charge is -2.13. The zero-order chi connectivity index (χ0) is 12.4. The molecule has 0 spiro atoms. The number of hydrogen-bond acceptors (Lipinski definition) is 4. The molecule has 1 amide bonds. The van der Waals surface area contributed by atoms with Crippen molar-refractivity contribution in [1.82, 2.24) is 5.32 Å². The van der Waals surface area contributed by atoms with Crippen molar-refractivity contribution < 1.29 is 23.4 Å². The number of rotatable bonds is 3. The van der Waals surface area contributed by atoms with Gasteiger partial charge in [-0.25, -0.2) is 9.18 Å². The average Bonchev–Trinajstić information content (AvgIpc) is 2.75. The summed E-state index contributed by atoms with van der Waals surface area (Å²) in [6.45, 7) is 0.102. The second kappa shape index (κ2) is 4.48. The first-order chi connectivity index (χ1) is 8.15. The number of benzene rings is 1. The molecule has 0 saturated carbocycles. The molecule has 0 aromatic heterocycles. The fourth-order valence-electron chi connectivity index (χ4n) is 1.69. The Hall–Kier alpha value is -1.98. The molecule has 17 heavy (non-hydrogen) atoms. The molecule has 0 bridgehead atoms. The largest absolute Gasteiger partial charge is 0.493 e. The van der Waals surface area contributed by atoms with E-state index in [4.69, 9.17) is 14.2 Å². The van der Waals surface area contributed by atoms with Crippen molar-refractivity contribution in [3.05, 3.63) is 23.5 Å². The number of methoxy groups -OCH3 is 2. The highest BCUT2D eigenvalue weighted by Gasteiger charge is 2.27. The summed E-state index contributed by atoms with van der Waals surface area (Å²) in [5.74, 6) is 0.238. The van der Waals surface area contributed by atoms with Gasteiger partial charge >= 0.3 is 6.09 Å². The summed E-state index contributed by atoms with van der Waals surface area (Å²) in [6, 6.07) is 2.22. The lowest BCUT2D eigenvalue weighted by atomic mass is 10.1. The van der Waals surface area contributed by atoms with Crippen LogP contribution in [0.3, 0.4) is 0 Å². The molecule has 5 nitrogen and oxygen atoms in total. The Balaban J connectivity index is 2.37. The van der Waals surface area contributed by atoms with Crippen LogP contribution in [0.4, 0.5) is 9.18 Å². The van der Waals surface area contributed by atoms with Crippen molar-refractivity contribution in [1.29, 1.82) is 0 Å². The minimum atomic E-state index is -0.552. The second-order valence-electron chi connectivity index (χ2n) is 3.52. The summed E-state index contributed by atoms with van der Waals surface area (Å²) in [5.41, 5.74) is 0.313. The molecule has 0 radical (unpaired) electrons. The molecule has 2 rings (SSSR count). The lowest BCUT2D eigenvalue weighted by Crippen LogP contribution is -2.19. The zero-order valence-corrected chi connectivity index (χ0v) is 9.45. The van der Waals surface area contributed by atoms with Gasteiger partial charge in [-0.15, -0.1) is 0 Å². The van der Waals surface area contributed by atoms with Crippen molar-refractivity contribution in [3.63, 3.8) is 0 Å². The van der Waals surface area contributed by atoms with Crippen LogP contribution >= 0.6 is 0 Å². The molecule has 1 aromatic rings. The number of carbonyl (C=O) groups is 1. The molecular weight excluding hydrogens is 229 g/mol. The van der Waals surface area contributed by atoms with Gasteiger partial charge in [0.05, 0.1) is 20.3 Å². The van der Waals surface area contributed by atoms with Gasteiger partial charge < -0.3 is 19.5 Å². The highest BCUT2D eigenvalue weighted by Crippen LogP contribution is 2.33. The highest BCUT2D eigenvalue weighted by molar-refractivity contribution is 5.70. The van der Waals surface area contributed by atoms with Crippen molar-refractivity contribution in [2.45, 2.75) is 6.04 Å². The number of hydrogen-bond donors (Lipinski definition) is 1. The quantitative estimate of drug-likeness (QED) is 0.873. The van der Waals surface area contributed by atoms with Crippen LogP contribution in [0.1, 0.15) is 11.6 Å². The van der Waals surface area contributed by atoms with Crippen molar-refractivity contribution in [2.24, 2.45) is 0 Å². The van der Waals surface area contributed by atoms with E-state index in [0.717, 1.165) is 0 Å². The van der Waals surface area contributed by atoms with Crippen LogP contribution < -0.4 is 14.8 Å². The number of amides is 1. The smallest absolute Gasteiger partial charge is 0.407 e. The molecule has 1 fully saturated rings. The van der Waals surface area contributed by atoms with Gasteiger partial charge in [0, 0.05) is 11.6 Å². The molecule has 0 unspecified atom stereocenters. The Kier molecular flexibility index (Phi) is 3.03. The maximum absolute atomic E-state index is 13.8.